The number of hydrogen-bond donors (Lipinski definition) is 8. The second-order valence-corrected chi connectivity index (χ2v) is 10.9. The molecule has 1 unspecified atom stereocenters. The molecule has 3 heterocycles. The fourth-order valence-electron chi connectivity index (χ4n) is 4.98. The molecule has 1 saturated heterocycles. The van der Waals surface area contributed by atoms with E-state index in [0.29, 0.717) is 25.1 Å². The van der Waals surface area contributed by atoms with Crippen molar-refractivity contribution in [3.05, 3.63) is 41.6 Å². The van der Waals surface area contributed by atoms with Crippen molar-refractivity contribution in [2.45, 2.75) is 75.0 Å². The molecule has 0 saturated carbocycles. The van der Waals surface area contributed by atoms with Gasteiger partial charge < -0.3 is 55.3 Å². The van der Waals surface area contributed by atoms with Crippen LogP contribution < -0.4 is 10.1 Å². The van der Waals surface area contributed by atoms with E-state index in [-0.39, 0.29) is 11.5 Å². The van der Waals surface area contributed by atoms with Gasteiger partial charge in [-0.15, -0.1) is 0 Å². The molecule has 0 aromatic heterocycles. The molecule has 0 spiro atoms. The molecule has 0 amide bonds. The van der Waals surface area contributed by atoms with E-state index < -0.39 is 79.7 Å². The Kier molecular flexibility index (Phi) is 9.72. The van der Waals surface area contributed by atoms with E-state index in [2.05, 4.69) is 5.32 Å². The average molecular weight is 608 g/mol. The number of fused-ring (bicyclic) bond motifs is 1. The van der Waals surface area contributed by atoms with E-state index in [0.717, 1.165) is 18.1 Å². The van der Waals surface area contributed by atoms with E-state index in [1.807, 2.05) is 4.58 Å². The summed E-state index contributed by atoms with van der Waals surface area (Å²) in [6.07, 6.45) is -1.69. The summed E-state index contributed by atoms with van der Waals surface area (Å²) >= 11 is 0. The van der Waals surface area contributed by atoms with E-state index >= 15 is 0 Å². The third-order valence-electron chi connectivity index (χ3n) is 7.27. The minimum Gasteiger partial charge on any atom is -0.504 e. The summed E-state index contributed by atoms with van der Waals surface area (Å²) in [5.41, 5.74) is 0.397. The molecule has 3 aliphatic rings. The Bertz CT molecular complexity index is 1340. The van der Waals surface area contributed by atoms with Crippen LogP contribution in [0.1, 0.15) is 31.7 Å². The fraction of sp³-hybridized carbons (Fsp3) is 0.500. The number of nitrogens with zero attached hydrogens (tertiary/aromatic N) is 1. The Morgan fingerprint density at radius 3 is 2.58 bits per heavy atom. The Balaban J connectivity index is 1.42. The highest BCUT2D eigenvalue weighted by Gasteiger charge is 2.46. The molecule has 4 rings (SSSR count). The number of rotatable bonds is 10. The fourth-order valence-corrected chi connectivity index (χ4v) is 4.98. The van der Waals surface area contributed by atoms with Gasteiger partial charge in [-0.25, -0.2) is 4.79 Å². The number of ether oxygens (including phenoxy) is 3. The predicted molar refractivity (Wildman–Crippen MR) is 145 cm³/mol. The number of hydrogen-bond acceptors (Lipinski definition) is 12. The molecule has 1 aromatic rings. The van der Waals surface area contributed by atoms with Crippen molar-refractivity contribution >= 4 is 29.8 Å². The van der Waals surface area contributed by atoms with Gasteiger partial charge in [-0.2, -0.15) is 4.58 Å². The highest BCUT2D eigenvalue weighted by atomic mass is 16.7. The van der Waals surface area contributed by atoms with Gasteiger partial charge in [0.15, 0.2) is 24.3 Å². The van der Waals surface area contributed by atoms with Crippen molar-refractivity contribution in [3.63, 3.8) is 0 Å². The van der Waals surface area contributed by atoms with Gasteiger partial charge in [0.05, 0.1) is 24.5 Å². The van der Waals surface area contributed by atoms with Crippen molar-refractivity contribution < 1.29 is 68.9 Å². The molecule has 1 fully saturated rings. The van der Waals surface area contributed by atoms with E-state index in [4.69, 9.17) is 19.3 Å². The number of carboxylic acid groups (broad SMARTS) is 2. The van der Waals surface area contributed by atoms with E-state index in [1.165, 1.54) is 6.07 Å². The summed E-state index contributed by atoms with van der Waals surface area (Å²) in [7, 11) is 0. The number of aliphatic carboxylic acids is 2. The Hall–Kier alpha value is -4.02. The van der Waals surface area contributed by atoms with Crippen LogP contribution in [0.3, 0.4) is 0 Å². The third-order valence-corrected chi connectivity index (χ3v) is 7.27. The number of phenolic OH excluding ortho intramolecular Hbond substituents is 1. The lowest BCUT2D eigenvalue weighted by atomic mass is 9.98. The molecule has 234 valence electrons. The lowest BCUT2D eigenvalue weighted by molar-refractivity contribution is -0.423. The monoisotopic (exact) mass is 607 g/mol. The van der Waals surface area contributed by atoms with Gasteiger partial charge in [0, 0.05) is 24.5 Å². The van der Waals surface area contributed by atoms with Crippen molar-refractivity contribution in [2.24, 2.45) is 0 Å². The van der Waals surface area contributed by atoms with Gasteiger partial charge >= 0.3 is 17.9 Å². The van der Waals surface area contributed by atoms with Gasteiger partial charge in [-0.3, -0.25) is 9.59 Å². The van der Waals surface area contributed by atoms with Crippen molar-refractivity contribution in [1.29, 1.82) is 0 Å². The molecule has 0 bridgehead atoms. The minimum atomic E-state index is -1.88. The molecule has 0 aliphatic carbocycles. The van der Waals surface area contributed by atoms with Crippen LogP contribution in [0, 0.1) is 0 Å². The largest absolute Gasteiger partial charge is 0.504 e. The molecular formula is C28H35N2O13+. The number of carbonyl (C=O) groups excluding carboxylic acids is 1. The van der Waals surface area contributed by atoms with Gasteiger partial charge in [0.1, 0.15) is 37.1 Å². The molecule has 43 heavy (non-hydrogen) atoms. The number of aromatic hydroxyl groups is 1. The van der Waals surface area contributed by atoms with Gasteiger partial charge in [-0.1, -0.05) is 0 Å². The van der Waals surface area contributed by atoms with E-state index in [1.54, 1.807) is 30.6 Å². The minimum absolute atomic E-state index is 0.0716. The summed E-state index contributed by atoms with van der Waals surface area (Å²) in [4.78, 5) is 34.2. The quantitative estimate of drug-likeness (QED) is 0.116. The summed E-state index contributed by atoms with van der Waals surface area (Å²) in [5, 5.41) is 72.8. The Morgan fingerprint density at radius 1 is 1.14 bits per heavy atom. The SMILES string of the molecule is CC(O)(CC(=O)O)CC(=O)OC[C@H]1O[C@@H](Oc2cc3c(cc2O)[N+](=CC=C2C=CN[C@@H](C(=O)O)C2)CC3)[C@H](O)[C@@H](O)[C@@H]1O. The lowest BCUT2D eigenvalue weighted by Crippen LogP contribution is -2.60. The van der Waals surface area contributed by atoms with Crippen LogP contribution in [0.5, 0.6) is 11.5 Å². The number of allylic oxidation sites excluding steroid dienone is 2. The summed E-state index contributed by atoms with van der Waals surface area (Å²) < 4.78 is 18.1. The number of aliphatic hydroxyl groups excluding tert-OH is 3. The zero-order chi connectivity index (χ0) is 31.5. The number of carbonyl (C=O) groups is 3. The number of benzene rings is 1. The number of esters is 1. The van der Waals surface area contributed by atoms with Crippen molar-refractivity contribution in [2.75, 3.05) is 13.2 Å². The van der Waals surface area contributed by atoms with Gasteiger partial charge in [-0.05, 0) is 30.8 Å². The number of phenols is 1. The molecule has 0 radical (unpaired) electrons. The van der Waals surface area contributed by atoms with E-state index in [9.17, 15) is 45.0 Å². The second-order valence-electron chi connectivity index (χ2n) is 10.9. The number of carboxylic acids is 2. The predicted octanol–water partition coefficient (Wildman–Crippen LogP) is -1.10. The van der Waals surface area contributed by atoms with Crippen LogP contribution >= 0.6 is 0 Å². The average Bonchev–Trinajstić information content (AvgIpc) is 3.32. The highest BCUT2D eigenvalue weighted by Crippen LogP contribution is 2.38. The number of nitrogens with one attached hydrogen (secondary N) is 1. The maximum Gasteiger partial charge on any atom is 0.326 e. The standard InChI is InChI=1S/C28H34N2O13/c1-28(40,11-21(32)33)12-22(34)41-13-20-23(35)24(36)25(37)27(43-20)42-19-9-15-4-7-30(17(15)10-18(19)31)6-3-14-2-5-29-16(8-14)26(38)39/h2-3,5-6,9-10,16,20,23-25,27,35-37,40H,4,7-8,11-13H2,1H3,(H3,31,32,33,38,39)/p+1/t16-,20-,23-,24+,25-,27-,28?/m1/s1. The molecule has 7 atom stereocenters. The Morgan fingerprint density at radius 2 is 1.88 bits per heavy atom. The topological polar surface area (TPSA) is 236 Å². The summed E-state index contributed by atoms with van der Waals surface area (Å²) in [6.45, 7) is 1.10. The van der Waals surface area contributed by atoms with Gasteiger partial charge in [0.25, 0.3) is 0 Å². The van der Waals surface area contributed by atoms with Crippen LogP contribution in [0.15, 0.2) is 36.1 Å². The van der Waals surface area contributed by atoms with Crippen LogP contribution in [0.25, 0.3) is 0 Å². The molecule has 15 heteroatoms. The maximum absolute atomic E-state index is 12.1. The van der Waals surface area contributed by atoms with Crippen molar-refractivity contribution in [1.82, 2.24) is 5.32 Å². The van der Waals surface area contributed by atoms with Crippen LogP contribution in [-0.2, 0) is 30.3 Å². The van der Waals surface area contributed by atoms with Crippen LogP contribution in [-0.4, -0.2) is 120 Å². The number of aliphatic hydroxyl groups is 4. The lowest BCUT2D eigenvalue weighted by Gasteiger charge is -2.40. The first-order chi connectivity index (χ1) is 20.2. The summed E-state index contributed by atoms with van der Waals surface area (Å²) in [5.74, 6) is -3.63. The third kappa shape index (κ3) is 7.88. The Labute approximate surface area is 245 Å². The smallest absolute Gasteiger partial charge is 0.326 e. The molecule has 15 nitrogen and oxygen atoms in total. The molecule has 1 aromatic carbocycles. The zero-order valence-electron chi connectivity index (χ0n) is 23.2. The highest BCUT2D eigenvalue weighted by molar-refractivity contribution is 5.76. The molecule has 8 N–H and O–H groups in total. The first kappa shape index (κ1) is 31.9. The first-order valence-electron chi connectivity index (χ1n) is 13.5. The van der Waals surface area contributed by atoms with Crippen molar-refractivity contribution in [3.8, 4) is 11.5 Å². The zero-order valence-corrected chi connectivity index (χ0v) is 23.2. The molecule has 3 aliphatic heterocycles. The van der Waals surface area contributed by atoms with Gasteiger partial charge in [0.2, 0.25) is 12.0 Å². The van der Waals surface area contributed by atoms with Crippen LogP contribution in [0.2, 0.25) is 0 Å². The normalized spacial score (nSPS) is 29.9. The first-order valence-corrected chi connectivity index (χ1v) is 13.5. The maximum atomic E-state index is 12.1. The second kappa shape index (κ2) is 13.1. The molecular weight excluding hydrogens is 572 g/mol. The summed E-state index contributed by atoms with van der Waals surface area (Å²) in [6, 6.07) is 2.28. The van der Waals surface area contributed by atoms with Crippen LogP contribution in [0.4, 0.5) is 5.69 Å².